The Bertz CT molecular complexity index is 1480. The van der Waals surface area contributed by atoms with E-state index in [1.807, 2.05) is 0 Å². The molecule has 2 radical (unpaired) electrons. The van der Waals surface area contributed by atoms with Crippen molar-refractivity contribution in [1.29, 1.82) is 0 Å². The number of nitrogens with zero attached hydrogens (tertiary/aromatic N) is 2. The first-order chi connectivity index (χ1) is 23.0. The third-order valence-corrected chi connectivity index (χ3v) is 5.70. The SMILES string of the molecule is O.O.O.O.O.O.O=C(NCCCNC(=O)c1cc[nH+]cc1)c1ccncc1.O=C(NCCCNC(=O)c1cc[nH+]cc1)c1ccncc1.[Cu+2].[Cu+2].[Mo].[Mo].[Mo].[Mo].[Mo].[Mo].[O-2].[O-2].[O-2].[O-2].[O-2].[O-2].[O-2].[O-2].[O-2].[O-2].[O-2].[O-2].[O-2].[O-2].[O-2].[O-2].[O-2].[O-2].[O-][Te]([O-])([O-])([O-])([O-])[O-].[OH3+].[OH3+].[OH3+].[OH3+]. The van der Waals surface area contributed by atoms with Crippen LogP contribution in [0, 0.1) is 0 Å². The van der Waals surface area contributed by atoms with Gasteiger partial charge in [-0.1, -0.05) is 0 Å². The van der Waals surface area contributed by atoms with Gasteiger partial charge in [-0.05, 0) is 37.1 Å². The minimum Gasteiger partial charge on any atom is -0.457 e. The van der Waals surface area contributed by atoms with Crippen molar-refractivity contribution in [2.24, 2.45) is 0 Å². The first-order valence-corrected chi connectivity index (χ1v) is 20.1. The molecule has 4 aromatic heterocycles. The number of H-pyrrole nitrogens is 2. The van der Waals surface area contributed by atoms with Gasteiger partial charge in [0.1, 0.15) is 0 Å². The van der Waals surface area contributed by atoms with E-state index in [2.05, 4.69) is 41.2 Å². The molecule has 542 valence electrons. The van der Waals surface area contributed by atoms with Gasteiger partial charge >= 0.3 is 72.9 Å². The van der Waals surface area contributed by atoms with Crippen LogP contribution in [0.2, 0.25) is 0 Å². The Hall–Kier alpha value is -0.922. The summed E-state index contributed by atoms with van der Waals surface area (Å²) in [6, 6.07) is 13.5. The molecule has 4 aromatic rings. The second-order valence-corrected chi connectivity index (χ2v) is 15.6. The number of amides is 4. The van der Waals surface area contributed by atoms with Crippen LogP contribution in [0.1, 0.15) is 54.3 Å². The largest absolute Gasteiger partial charge is 0.457 e. The van der Waals surface area contributed by atoms with Crippen molar-refractivity contribution < 1.29 is 364 Å². The summed E-state index contributed by atoms with van der Waals surface area (Å²) in [7, 11) is 0. The first-order valence-electron chi connectivity index (χ1n) is 14.4. The normalized spacial score (nSPS) is 6.80. The van der Waals surface area contributed by atoms with Crippen LogP contribution in [0.25, 0.3) is 0 Å². The third kappa shape index (κ3) is 137. The predicted octanol–water partition coefficient (Wildman–Crippen LogP) is -17.4. The molecular formula is C30H58Cu2Mo6N8O38Te-32. The summed E-state index contributed by atoms with van der Waals surface area (Å²) in [4.78, 5) is 60.4. The van der Waals surface area contributed by atoms with Crippen molar-refractivity contribution in [3.05, 3.63) is 120 Å². The van der Waals surface area contributed by atoms with Crippen molar-refractivity contribution in [2.75, 3.05) is 26.2 Å². The second kappa shape index (κ2) is 121. The van der Waals surface area contributed by atoms with Crippen LogP contribution in [0.5, 0.6) is 0 Å². The Labute approximate surface area is 590 Å². The van der Waals surface area contributed by atoms with Crippen molar-refractivity contribution in [1.82, 2.24) is 31.2 Å². The van der Waals surface area contributed by atoms with E-state index in [1.54, 1.807) is 98.1 Å². The maximum absolute atomic E-state index is 11.7. The van der Waals surface area contributed by atoms with E-state index in [0.717, 1.165) is 0 Å². The maximum atomic E-state index is 11.7. The van der Waals surface area contributed by atoms with E-state index >= 15 is 0 Å². The molecular weight excluding hydrogens is 1910 g/mol. The van der Waals surface area contributed by atoms with Crippen molar-refractivity contribution in [3.8, 4) is 0 Å². The molecule has 0 bridgehead atoms. The summed E-state index contributed by atoms with van der Waals surface area (Å²) in [5.41, 5.74) is 2.37. The average Bonchev–Trinajstić information content (AvgIpc) is 3.08. The van der Waals surface area contributed by atoms with Crippen LogP contribution in [0.15, 0.2) is 98.1 Å². The summed E-state index contributed by atoms with van der Waals surface area (Å²) in [6.07, 6.45) is 14.4. The van der Waals surface area contributed by atoms with Gasteiger partial charge in [-0.3, -0.25) is 29.1 Å². The van der Waals surface area contributed by atoms with Crippen molar-refractivity contribution in [2.45, 2.75) is 12.8 Å². The van der Waals surface area contributed by atoms with E-state index < -0.39 is 17.9 Å². The van der Waals surface area contributed by atoms with Crippen LogP contribution in [0.4, 0.5) is 0 Å². The molecule has 0 aliphatic rings. The minimum absolute atomic E-state index is 0. The number of aromatic nitrogens is 4. The zero-order valence-electron chi connectivity index (χ0n) is 41.6. The number of rotatable bonds is 12. The topological polar surface area (TPSA) is 1140 Å². The van der Waals surface area contributed by atoms with Crippen LogP contribution in [-0.2, 0) is 281 Å². The van der Waals surface area contributed by atoms with Crippen LogP contribution in [0.3, 0.4) is 0 Å². The Morgan fingerprint density at radius 2 is 0.459 bits per heavy atom. The molecule has 0 saturated carbocycles. The molecule has 4 amide bonds. The number of hydrogen-bond donors (Lipinski definition) is 4. The fourth-order valence-corrected chi connectivity index (χ4v) is 3.48. The molecule has 0 aliphatic heterocycles. The number of pyridine rings is 4. The average molecular weight is 1970 g/mol. The zero-order chi connectivity index (χ0) is 36.2. The molecule has 4 rings (SSSR count). The van der Waals surface area contributed by atoms with Gasteiger partial charge in [-0.15, -0.1) is 0 Å². The molecule has 0 aromatic carbocycles. The fourth-order valence-electron chi connectivity index (χ4n) is 3.48. The third-order valence-electron chi connectivity index (χ3n) is 5.70. The van der Waals surface area contributed by atoms with Crippen LogP contribution < -0.4 is 52.1 Å². The quantitative estimate of drug-likeness (QED) is 0.0584. The van der Waals surface area contributed by atoms with Gasteiger partial charge < -0.3 is 175 Å². The zero-order valence-corrected chi connectivity index (χ0v) is 57.8. The Morgan fingerprint density at radius 3 is 0.600 bits per heavy atom. The second-order valence-electron chi connectivity index (χ2n) is 9.80. The predicted molar refractivity (Wildman–Crippen MR) is 212 cm³/mol. The van der Waals surface area contributed by atoms with Crippen molar-refractivity contribution >= 4 is 41.5 Å². The monoisotopic (exact) mass is 1980 g/mol. The van der Waals surface area contributed by atoms with Gasteiger partial charge in [0, 0.05) is 213 Å². The van der Waals surface area contributed by atoms with Gasteiger partial charge in [0.15, 0.2) is 24.8 Å². The van der Waals surface area contributed by atoms with E-state index in [4.69, 9.17) is 20.8 Å². The molecule has 46 nitrogen and oxygen atoms in total. The number of nitrogens with one attached hydrogen (secondary N) is 6. The first kappa shape index (κ1) is 241. The summed E-state index contributed by atoms with van der Waals surface area (Å²) < 4.78 is 52.0. The molecule has 0 aliphatic carbocycles. The molecule has 85 heavy (non-hydrogen) atoms. The molecule has 0 saturated heterocycles. The van der Waals surface area contributed by atoms with Gasteiger partial charge in [0.05, 0.1) is 11.1 Å². The van der Waals surface area contributed by atoms with Gasteiger partial charge in [-0.2, -0.15) is 0 Å². The van der Waals surface area contributed by atoms with Crippen LogP contribution >= 0.6 is 0 Å². The van der Waals surface area contributed by atoms with E-state index in [1.165, 1.54) is 0 Å². The van der Waals surface area contributed by atoms with Crippen molar-refractivity contribution in [3.63, 3.8) is 0 Å². The van der Waals surface area contributed by atoms with Gasteiger partial charge in [0.25, 0.3) is 23.6 Å². The standard InChI is InChI=1S/2C15H16N4O2.2Cu.6Mo.H6O6Te.10H2O.18O/c2*20-14(12-2-8-16-9-3-12)18-6-1-7-19-15(21)13-4-10-17-11-5-13;;;;;;;;;1-7(2,3,4,5)6;;;;;;;;;;;;;;;;;;;;;;;;;;;;/h2*2-5,8-11H,1,6-7H2,(H,18,20)(H,19,21);;;;;;;;;1-6H;10*1H2;;;;;;;;;;;;;;;;;;/q;;2*+2;;;;;;;;;;;;;;;;;;18*-2. The minimum atomic E-state index is -9.68. The summed E-state index contributed by atoms with van der Waals surface area (Å²) >= 11 is -9.68. The van der Waals surface area contributed by atoms with E-state index in [0.29, 0.717) is 61.3 Å². The number of carbonyl (C=O) groups excluding carboxylic acids is 4. The summed E-state index contributed by atoms with van der Waals surface area (Å²) in [6.45, 7) is 2.02. The Kier molecular flexibility index (Phi) is 342. The van der Waals surface area contributed by atoms with Crippen LogP contribution in [-0.4, -0.2) is 111 Å². The number of carbonyl (C=O) groups is 4. The summed E-state index contributed by atoms with van der Waals surface area (Å²) in [5.74, 6) is -0.515. The Balaban J connectivity index is -0.0000000116. The number of hydrogen-bond acceptors (Lipinski definition) is 12. The molecule has 30 N–H and O–H groups in total. The number of aromatic amines is 2. The molecule has 0 atom stereocenters. The summed E-state index contributed by atoms with van der Waals surface area (Å²) in [5, 5.41) is 11.2. The molecule has 0 unspecified atom stereocenters. The van der Waals surface area contributed by atoms with E-state index in [9.17, 15) is 19.2 Å². The van der Waals surface area contributed by atoms with Gasteiger partial charge in [0.2, 0.25) is 0 Å². The maximum Gasteiger partial charge on any atom is -0.457 e. The molecule has 0 spiro atoms. The fraction of sp³-hybridized carbons (Fsp3) is 0.200. The smallest absolute Gasteiger partial charge is 0.457 e. The molecule has 55 heteroatoms. The van der Waals surface area contributed by atoms with E-state index in [-0.39, 0.29) is 337 Å². The molecule has 0 fully saturated rings. The molecule has 4 heterocycles. The Morgan fingerprint density at radius 1 is 0.329 bits per heavy atom. The van der Waals surface area contributed by atoms with Gasteiger partial charge in [-0.25, -0.2) is 9.97 Å².